The highest BCUT2D eigenvalue weighted by Gasteiger charge is 2.30. The summed E-state index contributed by atoms with van der Waals surface area (Å²) < 4.78 is 0. The topological polar surface area (TPSA) is 68.0 Å². The van der Waals surface area contributed by atoms with Gasteiger partial charge >= 0.3 is 0 Å². The maximum Gasteiger partial charge on any atom is 0.230 e. The second kappa shape index (κ2) is 5.87. The van der Waals surface area contributed by atoms with Crippen molar-refractivity contribution in [3.8, 4) is 10.6 Å². The quantitative estimate of drug-likeness (QED) is 0.908. The van der Waals surface area contributed by atoms with E-state index in [9.17, 15) is 4.79 Å². The van der Waals surface area contributed by atoms with Gasteiger partial charge in [-0.15, -0.1) is 22.7 Å². The average molecular weight is 321 g/mol. The largest absolute Gasteiger partial charge is 0.327 e. The molecule has 0 bridgehead atoms. The second-order valence-electron chi connectivity index (χ2n) is 5.52. The summed E-state index contributed by atoms with van der Waals surface area (Å²) in [7, 11) is 0. The third-order valence-corrected chi connectivity index (χ3v) is 5.80. The first kappa shape index (κ1) is 14.7. The molecule has 1 amide bonds. The van der Waals surface area contributed by atoms with Crippen LogP contribution in [0.15, 0.2) is 12.1 Å². The number of carbonyl (C=O) groups excluding carboxylic acids is 1. The van der Waals surface area contributed by atoms with Crippen LogP contribution in [-0.4, -0.2) is 16.9 Å². The van der Waals surface area contributed by atoms with Crippen molar-refractivity contribution in [2.24, 2.45) is 11.7 Å². The van der Waals surface area contributed by atoms with Crippen LogP contribution in [0.3, 0.4) is 0 Å². The minimum atomic E-state index is -0.0679. The first-order chi connectivity index (χ1) is 10.0. The minimum Gasteiger partial charge on any atom is -0.327 e. The molecule has 112 valence electrons. The predicted molar refractivity (Wildman–Crippen MR) is 88.8 cm³/mol. The molecule has 2 atom stereocenters. The molecule has 0 radical (unpaired) electrons. The zero-order valence-electron chi connectivity index (χ0n) is 12.2. The molecule has 0 saturated heterocycles. The molecule has 0 aliphatic heterocycles. The van der Waals surface area contributed by atoms with Crippen molar-refractivity contribution in [2.45, 2.75) is 39.2 Å². The lowest BCUT2D eigenvalue weighted by atomic mass is 10.0. The number of hydrogen-bond donors (Lipinski definition) is 2. The number of aryl methyl sites for hydroxylation is 2. The molecular formula is C15H19N3OS2. The summed E-state index contributed by atoms with van der Waals surface area (Å²) in [6, 6.07) is 4.17. The Hall–Kier alpha value is -1.24. The van der Waals surface area contributed by atoms with Gasteiger partial charge in [0.25, 0.3) is 0 Å². The van der Waals surface area contributed by atoms with Crippen LogP contribution in [0.25, 0.3) is 10.6 Å². The van der Waals surface area contributed by atoms with Crippen molar-refractivity contribution >= 4 is 33.7 Å². The number of anilines is 1. The Balaban J connectivity index is 1.76. The summed E-state index contributed by atoms with van der Waals surface area (Å²) in [5, 5.41) is 3.62. The molecule has 0 spiro atoms. The van der Waals surface area contributed by atoms with E-state index in [1.165, 1.54) is 16.2 Å². The number of carbonyl (C=O) groups is 1. The normalized spacial score (nSPS) is 21.7. The number of amides is 1. The predicted octanol–water partition coefficient (Wildman–Crippen LogP) is 3.55. The van der Waals surface area contributed by atoms with Crippen molar-refractivity contribution in [2.75, 3.05) is 5.32 Å². The van der Waals surface area contributed by atoms with Gasteiger partial charge in [-0.25, -0.2) is 4.98 Å². The molecular weight excluding hydrogens is 302 g/mol. The number of rotatable bonds is 3. The Kier molecular flexibility index (Phi) is 4.10. The summed E-state index contributed by atoms with van der Waals surface area (Å²) in [5.41, 5.74) is 6.96. The van der Waals surface area contributed by atoms with Gasteiger partial charge in [-0.05, 0) is 38.8 Å². The van der Waals surface area contributed by atoms with E-state index in [0.29, 0.717) is 5.13 Å². The number of thiophene rings is 1. The summed E-state index contributed by atoms with van der Waals surface area (Å²) in [6.07, 6.45) is 2.86. The van der Waals surface area contributed by atoms with E-state index in [1.807, 2.05) is 6.92 Å². The van der Waals surface area contributed by atoms with Crippen LogP contribution in [0, 0.1) is 19.8 Å². The number of aromatic nitrogens is 1. The van der Waals surface area contributed by atoms with Gasteiger partial charge in [0.1, 0.15) is 0 Å². The summed E-state index contributed by atoms with van der Waals surface area (Å²) in [5.74, 6) is -0.0516. The van der Waals surface area contributed by atoms with Gasteiger partial charge in [0.2, 0.25) is 5.91 Å². The zero-order chi connectivity index (χ0) is 15.0. The Morgan fingerprint density at radius 1 is 1.33 bits per heavy atom. The minimum absolute atomic E-state index is 0.00882. The van der Waals surface area contributed by atoms with Crippen LogP contribution in [0.2, 0.25) is 0 Å². The highest BCUT2D eigenvalue weighted by Crippen LogP contribution is 2.35. The van der Waals surface area contributed by atoms with Crippen LogP contribution in [0.1, 0.15) is 29.0 Å². The van der Waals surface area contributed by atoms with Crippen molar-refractivity contribution < 1.29 is 4.79 Å². The second-order valence-corrected chi connectivity index (χ2v) is 8.02. The first-order valence-electron chi connectivity index (χ1n) is 7.15. The zero-order valence-corrected chi connectivity index (χ0v) is 13.8. The lowest BCUT2D eigenvalue weighted by Crippen LogP contribution is -2.34. The molecule has 3 rings (SSSR count). The number of nitrogens with two attached hydrogens (primary N) is 1. The smallest absolute Gasteiger partial charge is 0.230 e. The van der Waals surface area contributed by atoms with Crippen LogP contribution in [0.5, 0.6) is 0 Å². The molecule has 1 saturated carbocycles. The summed E-state index contributed by atoms with van der Waals surface area (Å²) >= 11 is 3.25. The Morgan fingerprint density at radius 2 is 2.14 bits per heavy atom. The van der Waals surface area contributed by atoms with E-state index in [4.69, 9.17) is 5.73 Å². The Morgan fingerprint density at radius 3 is 2.76 bits per heavy atom. The fourth-order valence-electron chi connectivity index (χ4n) is 2.75. The van der Waals surface area contributed by atoms with Crippen LogP contribution >= 0.6 is 22.7 Å². The molecule has 3 N–H and O–H groups in total. The fraction of sp³-hybridized carbons (Fsp3) is 0.467. The Bertz CT molecular complexity index is 662. The molecule has 4 nitrogen and oxygen atoms in total. The van der Waals surface area contributed by atoms with Gasteiger partial charge < -0.3 is 11.1 Å². The van der Waals surface area contributed by atoms with Crippen LogP contribution in [-0.2, 0) is 4.79 Å². The van der Waals surface area contributed by atoms with Crippen LogP contribution < -0.4 is 11.1 Å². The first-order valence-corrected chi connectivity index (χ1v) is 8.78. The molecule has 6 heteroatoms. The van der Waals surface area contributed by atoms with E-state index < -0.39 is 0 Å². The van der Waals surface area contributed by atoms with Crippen molar-refractivity contribution in [1.29, 1.82) is 0 Å². The molecule has 1 aliphatic carbocycles. The molecule has 2 aromatic heterocycles. The van der Waals surface area contributed by atoms with E-state index in [2.05, 4.69) is 29.4 Å². The van der Waals surface area contributed by atoms with Gasteiger partial charge in [-0.1, -0.05) is 6.42 Å². The highest BCUT2D eigenvalue weighted by molar-refractivity contribution is 7.18. The van der Waals surface area contributed by atoms with Gasteiger partial charge in [0.05, 0.1) is 16.5 Å². The van der Waals surface area contributed by atoms with Crippen molar-refractivity contribution in [3.05, 3.63) is 21.9 Å². The molecule has 2 aromatic rings. The average Bonchev–Trinajstić information content (AvgIpc) is 3.10. The summed E-state index contributed by atoms with van der Waals surface area (Å²) in [4.78, 5) is 20.4. The van der Waals surface area contributed by atoms with Gasteiger partial charge in [-0.3, -0.25) is 4.79 Å². The van der Waals surface area contributed by atoms with E-state index >= 15 is 0 Å². The number of nitrogens with zero attached hydrogens (tertiary/aromatic N) is 1. The van der Waals surface area contributed by atoms with Crippen molar-refractivity contribution in [1.82, 2.24) is 4.98 Å². The fourth-order valence-corrected chi connectivity index (χ4v) is 4.56. The Labute approximate surface area is 132 Å². The van der Waals surface area contributed by atoms with Gasteiger partial charge in [0.15, 0.2) is 5.13 Å². The van der Waals surface area contributed by atoms with Crippen molar-refractivity contribution in [3.63, 3.8) is 0 Å². The molecule has 21 heavy (non-hydrogen) atoms. The number of nitrogens with one attached hydrogen (secondary N) is 1. The third kappa shape index (κ3) is 3.02. The third-order valence-electron chi connectivity index (χ3n) is 3.91. The summed E-state index contributed by atoms with van der Waals surface area (Å²) in [6.45, 7) is 4.12. The molecule has 1 aliphatic rings. The SMILES string of the molecule is Cc1ccc(-c2nc(NC(=O)C3CCCC3N)sc2C)s1. The maximum absolute atomic E-state index is 12.3. The molecule has 2 heterocycles. The number of thiazole rings is 1. The standard InChI is InChI=1S/C15H19N3OS2/c1-8-6-7-12(20-8)13-9(2)21-15(17-13)18-14(19)10-4-3-5-11(10)16/h6-7,10-11H,3-5,16H2,1-2H3,(H,17,18,19). The highest BCUT2D eigenvalue weighted by atomic mass is 32.1. The monoisotopic (exact) mass is 321 g/mol. The van der Waals surface area contributed by atoms with E-state index in [0.717, 1.165) is 34.7 Å². The van der Waals surface area contributed by atoms with Gasteiger partial charge in [0, 0.05) is 15.8 Å². The van der Waals surface area contributed by atoms with Gasteiger partial charge in [-0.2, -0.15) is 0 Å². The lowest BCUT2D eigenvalue weighted by Gasteiger charge is -2.13. The van der Waals surface area contributed by atoms with E-state index in [-0.39, 0.29) is 17.9 Å². The van der Waals surface area contributed by atoms with E-state index in [1.54, 1.807) is 11.3 Å². The lowest BCUT2D eigenvalue weighted by molar-refractivity contribution is -0.120. The van der Waals surface area contributed by atoms with Crippen LogP contribution in [0.4, 0.5) is 5.13 Å². The molecule has 1 fully saturated rings. The maximum atomic E-state index is 12.3. The molecule has 0 aromatic carbocycles. The molecule has 2 unspecified atom stereocenters. The number of hydrogen-bond acceptors (Lipinski definition) is 5.